The Morgan fingerprint density at radius 3 is 2.80 bits per heavy atom. The quantitative estimate of drug-likeness (QED) is 0.373. The minimum atomic E-state index is -0.274. The van der Waals surface area contributed by atoms with Crippen LogP contribution in [0.2, 0.25) is 0 Å². The molecular weight excluding hydrogens is 254 g/mol. The molecule has 0 aliphatic heterocycles. The fourth-order valence-electron chi connectivity index (χ4n) is 3.55. The summed E-state index contributed by atoms with van der Waals surface area (Å²) in [5.41, 5.74) is 1.17. The molecule has 0 heterocycles. The van der Waals surface area contributed by atoms with Gasteiger partial charge in [0.1, 0.15) is 6.42 Å². The van der Waals surface area contributed by atoms with Gasteiger partial charge in [0.05, 0.1) is 12.3 Å². The number of oxime groups is 1. The van der Waals surface area contributed by atoms with Gasteiger partial charge >= 0.3 is 5.97 Å². The Balaban J connectivity index is 1.89. The molecule has 0 aromatic carbocycles. The fourth-order valence-corrected chi connectivity index (χ4v) is 3.55. The van der Waals surface area contributed by atoms with Crippen molar-refractivity contribution in [2.45, 2.75) is 46.5 Å². The third-order valence-electron chi connectivity index (χ3n) is 4.94. The number of carbonyl (C=O) groups is 1. The largest absolute Gasteiger partial charge is 0.465 e. The first-order chi connectivity index (χ1) is 9.50. The SMILES string of the molecule is CCOC(=O)CC#CCC1CC2CC(/C1=N/O)C2(C)C. The molecule has 0 amide bonds. The Hall–Kier alpha value is -1.50. The van der Waals surface area contributed by atoms with Crippen LogP contribution in [0.4, 0.5) is 0 Å². The minimum absolute atomic E-state index is 0.143. The lowest BCUT2D eigenvalue weighted by molar-refractivity contribution is -0.141. The van der Waals surface area contributed by atoms with Gasteiger partial charge in [0.2, 0.25) is 0 Å². The van der Waals surface area contributed by atoms with Crippen molar-refractivity contribution in [2.24, 2.45) is 28.3 Å². The van der Waals surface area contributed by atoms with Crippen LogP contribution in [0.1, 0.15) is 46.5 Å². The summed E-state index contributed by atoms with van der Waals surface area (Å²) >= 11 is 0. The smallest absolute Gasteiger partial charge is 0.317 e. The summed E-state index contributed by atoms with van der Waals surface area (Å²) < 4.78 is 4.82. The molecule has 3 aliphatic carbocycles. The predicted molar refractivity (Wildman–Crippen MR) is 76.3 cm³/mol. The number of esters is 1. The van der Waals surface area contributed by atoms with Crippen molar-refractivity contribution < 1.29 is 14.7 Å². The highest BCUT2D eigenvalue weighted by molar-refractivity contribution is 5.91. The lowest BCUT2D eigenvalue weighted by Crippen LogP contribution is -2.56. The molecule has 0 aromatic heterocycles. The van der Waals surface area contributed by atoms with Crippen LogP contribution < -0.4 is 0 Å². The summed E-state index contributed by atoms with van der Waals surface area (Å²) in [6.45, 7) is 6.67. The molecule has 3 fully saturated rings. The number of nitrogens with zero attached hydrogens (tertiary/aromatic N) is 1. The predicted octanol–water partition coefficient (Wildman–Crippen LogP) is 2.85. The molecule has 3 unspecified atom stereocenters. The summed E-state index contributed by atoms with van der Waals surface area (Å²) in [5.74, 6) is 6.95. The van der Waals surface area contributed by atoms with E-state index in [4.69, 9.17) is 4.74 Å². The lowest BCUT2D eigenvalue weighted by atomic mass is 9.46. The van der Waals surface area contributed by atoms with E-state index in [1.165, 1.54) is 0 Å². The molecule has 4 nitrogen and oxygen atoms in total. The second kappa shape index (κ2) is 5.87. The molecule has 0 aromatic rings. The van der Waals surface area contributed by atoms with Gasteiger partial charge in [-0.3, -0.25) is 4.79 Å². The van der Waals surface area contributed by atoms with E-state index in [1.807, 2.05) is 0 Å². The van der Waals surface area contributed by atoms with E-state index in [0.29, 0.717) is 24.9 Å². The fraction of sp³-hybridized carbons (Fsp3) is 0.750. The van der Waals surface area contributed by atoms with Gasteiger partial charge < -0.3 is 9.94 Å². The Kier molecular flexibility index (Phi) is 4.37. The molecular formula is C16H23NO3. The molecule has 0 spiro atoms. The van der Waals surface area contributed by atoms with Gasteiger partial charge in [-0.1, -0.05) is 24.9 Å². The molecule has 3 atom stereocenters. The lowest BCUT2D eigenvalue weighted by Gasteiger charge is -2.58. The molecule has 20 heavy (non-hydrogen) atoms. The van der Waals surface area contributed by atoms with Crippen LogP contribution in [-0.2, 0) is 9.53 Å². The monoisotopic (exact) mass is 277 g/mol. The van der Waals surface area contributed by atoms with Crippen LogP contribution in [0, 0.1) is 35.0 Å². The second-order valence-corrected chi connectivity index (χ2v) is 6.30. The van der Waals surface area contributed by atoms with Crippen LogP contribution in [0.15, 0.2) is 5.16 Å². The maximum atomic E-state index is 11.2. The van der Waals surface area contributed by atoms with Gasteiger partial charge in [-0.25, -0.2) is 0 Å². The van der Waals surface area contributed by atoms with Crippen LogP contribution in [0.5, 0.6) is 0 Å². The van der Waals surface area contributed by atoms with Crippen molar-refractivity contribution in [3.63, 3.8) is 0 Å². The van der Waals surface area contributed by atoms with Crippen molar-refractivity contribution in [3.8, 4) is 11.8 Å². The zero-order chi connectivity index (χ0) is 14.8. The van der Waals surface area contributed by atoms with E-state index in [2.05, 4.69) is 30.8 Å². The van der Waals surface area contributed by atoms with Crippen molar-refractivity contribution in [3.05, 3.63) is 0 Å². The minimum Gasteiger partial charge on any atom is -0.465 e. The number of rotatable bonds is 3. The van der Waals surface area contributed by atoms with Crippen LogP contribution in [-0.4, -0.2) is 23.5 Å². The normalized spacial score (nSPS) is 31.9. The van der Waals surface area contributed by atoms with E-state index in [1.54, 1.807) is 6.92 Å². The van der Waals surface area contributed by atoms with Crippen molar-refractivity contribution >= 4 is 11.7 Å². The van der Waals surface area contributed by atoms with E-state index in [9.17, 15) is 10.0 Å². The summed E-state index contributed by atoms with van der Waals surface area (Å²) in [5, 5.41) is 12.8. The van der Waals surface area contributed by atoms with Gasteiger partial charge in [-0.2, -0.15) is 0 Å². The van der Waals surface area contributed by atoms with Crippen molar-refractivity contribution in [1.82, 2.24) is 0 Å². The average Bonchev–Trinajstić information content (AvgIpc) is 2.43. The third kappa shape index (κ3) is 2.67. The zero-order valence-electron chi connectivity index (χ0n) is 12.5. The van der Waals surface area contributed by atoms with Gasteiger partial charge in [0.15, 0.2) is 0 Å². The number of carbonyl (C=O) groups excluding carboxylic acids is 1. The zero-order valence-corrected chi connectivity index (χ0v) is 12.5. The maximum absolute atomic E-state index is 11.2. The van der Waals surface area contributed by atoms with Crippen molar-refractivity contribution in [2.75, 3.05) is 6.61 Å². The molecule has 0 radical (unpaired) electrons. The van der Waals surface area contributed by atoms with E-state index in [0.717, 1.165) is 18.6 Å². The Morgan fingerprint density at radius 2 is 2.20 bits per heavy atom. The molecule has 110 valence electrons. The van der Waals surface area contributed by atoms with E-state index < -0.39 is 0 Å². The molecule has 0 saturated heterocycles. The van der Waals surface area contributed by atoms with Crippen LogP contribution >= 0.6 is 0 Å². The van der Waals surface area contributed by atoms with E-state index >= 15 is 0 Å². The maximum Gasteiger partial charge on any atom is 0.317 e. The van der Waals surface area contributed by atoms with Crippen LogP contribution in [0.3, 0.4) is 0 Å². The van der Waals surface area contributed by atoms with Crippen LogP contribution in [0.25, 0.3) is 0 Å². The molecule has 4 heteroatoms. The topological polar surface area (TPSA) is 58.9 Å². The number of fused-ring (bicyclic) bond motifs is 2. The number of ether oxygens (including phenoxy) is 1. The van der Waals surface area contributed by atoms with E-state index in [-0.39, 0.29) is 23.7 Å². The summed E-state index contributed by atoms with van der Waals surface area (Å²) in [6.07, 6.45) is 2.99. The van der Waals surface area contributed by atoms with Gasteiger partial charge in [-0.05, 0) is 31.1 Å². The molecule has 3 aliphatic rings. The first-order valence-corrected chi connectivity index (χ1v) is 7.33. The molecule has 1 N–H and O–H groups in total. The third-order valence-corrected chi connectivity index (χ3v) is 4.94. The Morgan fingerprint density at radius 1 is 1.45 bits per heavy atom. The number of hydrogen-bond donors (Lipinski definition) is 1. The average molecular weight is 277 g/mol. The first-order valence-electron chi connectivity index (χ1n) is 7.33. The molecule has 2 bridgehead atoms. The van der Waals surface area contributed by atoms with Gasteiger partial charge in [-0.15, -0.1) is 5.92 Å². The Bertz CT molecular complexity index is 470. The van der Waals surface area contributed by atoms with Crippen molar-refractivity contribution in [1.29, 1.82) is 0 Å². The second-order valence-electron chi connectivity index (χ2n) is 6.30. The Labute approximate surface area is 120 Å². The molecule has 3 rings (SSSR count). The highest BCUT2D eigenvalue weighted by atomic mass is 16.5. The number of hydrogen-bond acceptors (Lipinski definition) is 4. The van der Waals surface area contributed by atoms with Gasteiger partial charge in [0.25, 0.3) is 0 Å². The molecule has 3 saturated carbocycles. The summed E-state index contributed by atoms with van der Waals surface area (Å²) in [7, 11) is 0. The standard InChI is InChI=1S/C16H23NO3/c1-4-20-14(18)8-6-5-7-11-9-12-10-13(15(11)17-19)16(12,2)3/h11-13,19H,4,7-10H2,1-3H3/b17-15+. The van der Waals surface area contributed by atoms with Gasteiger partial charge in [0, 0.05) is 18.3 Å². The highest BCUT2D eigenvalue weighted by Crippen LogP contribution is 2.59. The highest BCUT2D eigenvalue weighted by Gasteiger charge is 2.56. The summed E-state index contributed by atoms with van der Waals surface area (Å²) in [6, 6.07) is 0. The first kappa shape index (κ1) is 14.9. The summed E-state index contributed by atoms with van der Waals surface area (Å²) in [4.78, 5) is 11.2.